The second-order valence-corrected chi connectivity index (χ2v) is 15.8. The first-order valence-corrected chi connectivity index (χ1v) is 19.2. The van der Waals surface area contributed by atoms with E-state index < -0.39 is 0 Å². The van der Waals surface area contributed by atoms with Gasteiger partial charge in [0.2, 0.25) is 11.9 Å². The van der Waals surface area contributed by atoms with Crippen molar-refractivity contribution in [3.8, 4) is 22.5 Å². The van der Waals surface area contributed by atoms with Crippen LogP contribution < -0.4 is 21.3 Å². The van der Waals surface area contributed by atoms with Crippen LogP contribution in [0.1, 0.15) is 52.5 Å². The molecule has 0 radical (unpaired) electrons. The maximum Gasteiger partial charge on any atom is 0.227 e. The topological polar surface area (TPSA) is 144 Å². The van der Waals surface area contributed by atoms with Crippen LogP contribution in [0.25, 0.3) is 42.9 Å². The number of ketones is 2. The van der Waals surface area contributed by atoms with E-state index in [1.165, 1.54) is 36.5 Å². The van der Waals surface area contributed by atoms with Crippen molar-refractivity contribution in [2.24, 2.45) is 0 Å². The predicted molar refractivity (Wildman–Crippen MR) is 213 cm³/mol. The van der Waals surface area contributed by atoms with Gasteiger partial charge in [-0.15, -0.1) is 22.7 Å². The number of anilines is 4. The van der Waals surface area contributed by atoms with Gasteiger partial charge >= 0.3 is 0 Å². The molecule has 4 N–H and O–H groups in total. The minimum Gasteiger partial charge on any atom is -0.397 e. The van der Waals surface area contributed by atoms with E-state index in [2.05, 4.69) is 19.8 Å². The lowest BCUT2D eigenvalue weighted by Crippen LogP contribution is -2.38. The van der Waals surface area contributed by atoms with Crippen molar-refractivity contribution in [2.45, 2.75) is 33.1 Å². The van der Waals surface area contributed by atoms with Gasteiger partial charge in [-0.3, -0.25) is 9.59 Å². The largest absolute Gasteiger partial charge is 0.397 e. The SMILES string of the molecule is CC(=O)c1sc2nc(N3CCC3)nc(-c3ccc(Cl)c(Cl)c3)c2c1N.CC(=O)c1sc2nc(N3CCCC3)nc(-c3ccc(Cl)c(Cl)c3)c2c1N. The smallest absolute Gasteiger partial charge is 0.227 e. The van der Waals surface area contributed by atoms with Crippen molar-refractivity contribution in [3.05, 3.63) is 66.2 Å². The zero-order chi connectivity index (χ0) is 36.1. The van der Waals surface area contributed by atoms with Gasteiger partial charge in [-0.1, -0.05) is 58.5 Å². The average Bonchev–Trinajstić information content (AvgIpc) is 3.81. The van der Waals surface area contributed by atoms with Crippen LogP contribution in [0.2, 0.25) is 20.1 Å². The summed E-state index contributed by atoms with van der Waals surface area (Å²) >= 11 is 27.1. The van der Waals surface area contributed by atoms with E-state index in [-0.39, 0.29) is 11.6 Å². The molecule has 2 aromatic carbocycles. The van der Waals surface area contributed by atoms with Crippen molar-refractivity contribution in [1.29, 1.82) is 0 Å². The minimum absolute atomic E-state index is 0.0756. The first kappa shape index (κ1) is 35.6. The Morgan fingerprint density at radius 2 is 1.00 bits per heavy atom. The lowest BCUT2D eigenvalue weighted by atomic mass is 10.1. The molecule has 0 amide bonds. The molecule has 51 heavy (non-hydrogen) atoms. The maximum atomic E-state index is 12.0. The number of fused-ring (bicyclic) bond motifs is 2. The number of rotatable bonds is 6. The summed E-state index contributed by atoms with van der Waals surface area (Å²) < 4.78 is 0. The standard InChI is InChI=1S/C18H16Cl2N4OS.C17H14Cl2N4OS/c1-9(25)16-14(21)13-15(10-4-5-11(19)12(20)8-10)22-18(23-17(13)26-16)24-6-2-3-7-24;1-8(24)15-13(20)12-14(9-3-4-10(18)11(19)7-9)21-17(22-16(12)25-15)23-5-2-6-23/h4-5,8H,2-3,6-7,21H2,1H3;3-4,7H,2,5-6,20H2,1H3. The lowest BCUT2D eigenvalue weighted by Gasteiger charge is -2.31. The number of benzene rings is 2. The van der Waals surface area contributed by atoms with E-state index in [1.54, 1.807) is 24.3 Å². The Balaban J connectivity index is 0.000000159. The van der Waals surface area contributed by atoms with Gasteiger partial charge in [0.05, 0.1) is 63.4 Å². The number of halogens is 4. The number of nitrogens with zero attached hydrogens (tertiary/aromatic N) is 6. The molecule has 2 saturated heterocycles. The van der Waals surface area contributed by atoms with E-state index in [9.17, 15) is 9.59 Å². The predicted octanol–water partition coefficient (Wildman–Crippen LogP) is 9.71. The Hall–Kier alpha value is -3.78. The van der Waals surface area contributed by atoms with Crippen molar-refractivity contribution < 1.29 is 9.59 Å². The Morgan fingerprint density at radius 1 is 0.608 bits per heavy atom. The van der Waals surface area contributed by atoms with Crippen LogP contribution in [0, 0.1) is 0 Å². The Bertz CT molecular complexity index is 2370. The Morgan fingerprint density at radius 3 is 1.33 bits per heavy atom. The monoisotopic (exact) mass is 798 g/mol. The lowest BCUT2D eigenvalue weighted by molar-refractivity contribution is 0.101. The fourth-order valence-electron chi connectivity index (χ4n) is 5.97. The van der Waals surface area contributed by atoms with Gasteiger partial charge in [0, 0.05) is 51.2 Å². The van der Waals surface area contributed by atoms with Crippen LogP contribution in [-0.4, -0.2) is 57.7 Å². The van der Waals surface area contributed by atoms with Crippen LogP contribution in [-0.2, 0) is 0 Å². The van der Waals surface area contributed by atoms with Crippen molar-refractivity contribution >= 4 is 124 Å². The van der Waals surface area contributed by atoms with E-state index in [1.807, 2.05) is 12.1 Å². The first-order chi connectivity index (χ1) is 24.4. The third-order valence-corrected chi connectivity index (χ3v) is 12.6. The molecule has 6 aromatic rings. The number of carbonyl (C=O) groups excluding carboxylic acids is 2. The van der Waals surface area contributed by atoms with Gasteiger partial charge in [-0.05, 0) is 43.5 Å². The van der Waals surface area contributed by atoms with E-state index in [0.717, 1.165) is 56.6 Å². The number of hydrogen-bond acceptors (Lipinski definition) is 12. The van der Waals surface area contributed by atoms with Crippen molar-refractivity contribution in [3.63, 3.8) is 0 Å². The van der Waals surface area contributed by atoms with Crippen LogP contribution in [0.15, 0.2) is 36.4 Å². The highest BCUT2D eigenvalue weighted by molar-refractivity contribution is 7.21. The zero-order valence-electron chi connectivity index (χ0n) is 27.4. The number of thiophene rings is 2. The van der Waals surface area contributed by atoms with Gasteiger partial charge in [0.25, 0.3) is 0 Å². The molecular weight excluding hydrogens is 770 g/mol. The summed E-state index contributed by atoms with van der Waals surface area (Å²) in [5.41, 5.74) is 16.3. The molecule has 0 bridgehead atoms. The third-order valence-electron chi connectivity index (χ3n) is 8.71. The van der Waals surface area contributed by atoms with Crippen molar-refractivity contribution in [1.82, 2.24) is 19.9 Å². The summed E-state index contributed by atoms with van der Waals surface area (Å²) in [5, 5.41) is 3.22. The number of hydrogen-bond donors (Lipinski definition) is 2. The molecule has 10 nitrogen and oxygen atoms in total. The summed E-state index contributed by atoms with van der Waals surface area (Å²) in [5.74, 6) is 1.16. The average molecular weight is 801 g/mol. The zero-order valence-corrected chi connectivity index (χ0v) is 32.1. The molecule has 2 fully saturated rings. The second-order valence-electron chi connectivity index (χ2n) is 12.2. The normalized spacial score (nSPS) is 14.2. The van der Waals surface area contributed by atoms with E-state index in [0.29, 0.717) is 84.9 Å². The molecule has 16 heteroatoms. The summed E-state index contributed by atoms with van der Waals surface area (Å²) in [7, 11) is 0. The summed E-state index contributed by atoms with van der Waals surface area (Å²) in [6, 6.07) is 10.7. The van der Waals surface area contributed by atoms with E-state index >= 15 is 0 Å². The molecule has 0 spiro atoms. The molecule has 2 aliphatic rings. The molecule has 2 aliphatic heterocycles. The van der Waals surface area contributed by atoms with E-state index in [4.69, 9.17) is 67.8 Å². The van der Waals surface area contributed by atoms with Crippen molar-refractivity contribution in [2.75, 3.05) is 47.4 Å². The third kappa shape index (κ3) is 6.81. The number of nitrogen functional groups attached to an aromatic ring is 2. The van der Waals surface area contributed by atoms with Crippen LogP contribution >= 0.6 is 69.1 Å². The summed E-state index contributed by atoms with van der Waals surface area (Å²) in [4.78, 5) is 49.4. The molecular formula is C35H30Cl4N8O2S2. The van der Waals surface area contributed by atoms with Gasteiger partial charge in [-0.2, -0.15) is 0 Å². The Labute approximate surface area is 321 Å². The number of aromatic nitrogens is 4. The highest BCUT2D eigenvalue weighted by Crippen LogP contribution is 2.42. The highest BCUT2D eigenvalue weighted by atomic mass is 35.5. The minimum atomic E-state index is -0.0777. The Kier molecular flexibility index (Phi) is 10.0. The number of carbonyl (C=O) groups is 2. The molecule has 0 aliphatic carbocycles. The molecule has 262 valence electrons. The van der Waals surface area contributed by atoms with Gasteiger partial charge in [0.15, 0.2) is 11.6 Å². The highest BCUT2D eigenvalue weighted by Gasteiger charge is 2.26. The summed E-state index contributed by atoms with van der Waals surface area (Å²) in [6.45, 7) is 6.71. The molecule has 4 aromatic heterocycles. The molecule has 8 rings (SSSR count). The fraction of sp³-hybridized carbons (Fsp3) is 0.257. The number of Topliss-reactive ketones (excluding diaryl/α,β-unsaturated/α-hetero) is 2. The first-order valence-electron chi connectivity index (χ1n) is 16.0. The van der Waals surface area contributed by atoms with Crippen LogP contribution in [0.4, 0.5) is 23.3 Å². The maximum absolute atomic E-state index is 12.0. The molecule has 6 heterocycles. The fourth-order valence-corrected chi connectivity index (χ4v) is 8.53. The second kappa shape index (κ2) is 14.3. The molecule has 0 atom stereocenters. The quantitative estimate of drug-likeness (QED) is 0.156. The summed E-state index contributed by atoms with van der Waals surface area (Å²) in [6.07, 6.45) is 3.36. The molecule has 0 saturated carbocycles. The van der Waals surface area contributed by atoms with Crippen LogP contribution in [0.3, 0.4) is 0 Å². The van der Waals surface area contributed by atoms with Gasteiger partial charge in [-0.25, -0.2) is 19.9 Å². The van der Waals surface area contributed by atoms with Crippen LogP contribution in [0.5, 0.6) is 0 Å². The van der Waals surface area contributed by atoms with Gasteiger partial charge < -0.3 is 21.3 Å². The molecule has 0 unspecified atom stereocenters. The number of nitrogens with two attached hydrogens (primary N) is 2. The van der Waals surface area contributed by atoms with Gasteiger partial charge in [0.1, 0.15) is 9.66 Å².